The summed E-state index contributed by atoms with van der Waals surface area (Å²) in [5.74, 6) is 1.49. The van der Waals surface area contributed by atoms with Gasteiger partial charge in [-0.05, 0) is 25.2 Å². The molecule has 0 saturated carbocycles. The van der Waals surface area contributed by atoms with Gasteiger partial charge in [0.05, 0.1) is 14.2 Å². The van der Waals surface area contributed by atoms with Crippen molar-refractivity contribution < 1.29 is 14.3 Å². The van der Waals surface area contributed by atoms with Crippen LogP contribution in [0.1, 0.15) is 5.56 Å². The Morgan fingerprint density at radius 3 is 2.52 bits per heavy atom. The van der Waals surface area contributed by atoms with Gasteiger partial charge in [-0.15, -0.1) is 0 Å². The zero-order chi connectivity index (χ0) is 15.2. The zero-order valence-electron chi connectivity index (χ0n) is 12.9. The molecule has 1 aliphatic heterocycles. The first-order valence-corrected chi connectivity index (χ1v) is 7.06. The molecule has 1 aromatic rings. The Hall–Kier alpha value is -1.95. The third-order valence-corrected chi connectivity index (χ3v) is 3.71. The molecule has 0 bridgehead atoms. The number of ether oxygens (including phenoxy) is 2. The maximum Gasteiger partial charge on any atom is 0.317 e. The molecule has 1 N–H and O–H groups in total. The van der Waals surface area contributed by atoms with E-state index < -0.39 is 0 Å². The van der Waals surface area contributed by atoms with Crippen LogP contribution in [-0.2, 0) is 6.54 Å². The van der Waals surface area contributed by atoms with Crippen molar-refractivity contribution in [2.24, 2.45) is 0 Å². The molecule has 21 heavy (non-hydrogen) atoms. The summed E-state index contributed by atoms with van der Waals surface area (Å²) in [5, 5.41) is 2.94. The Kier molecular flexibility index (Phi) is 5.27. The molecule has 1 saturated heterocycles. The molecule has 0 radical (unpaired) electrons. The Balaban J connectivity index is 1.94. The SMILES string of the molecule is COc1ccc(OC)c(CNC(=O)N2CCN(C)CC2)c1. The van der Waals surface area contributed by atoms with Crippen molar-refractivity contribution in [2.45, 2.75) is 6.54 Å². The lowest BCUT2D eigenvalue weighted by Crippen LogP contribution is -2.50. The van der Waals surface area contributed by atoms with E-state index in [0.29, 0.717) is 6.54 Å². The second kappa shape index (κ2) is 7.17. The highest BCUT2D eigenvalue weighted by molar-refractivity contribution is 5.74. The predicted molar refractivity (Wildman–Crippen MR) is 80.9 cm³/mol. The summed E-state index contributed by atoms with van der Waals surface area (Å²) in [7, 11) is 5.30. The van der Waals surface area contributed by atoms with E-state index in [1.54, 1.807) is 14.2 Å². The molecule has 0 unspecified atom stereocenters. The van der Waals surface area contributed by atoms with Crippen molar-refractivity contribution in [3.8, 4) is 11.5 Å². The molecule has 2 amide bonds. The van der Waals surface area contributed by atoms with Crippen molar-refractivity contribution in [2.75, 3.05) is 47.4 Å². The minimum Gasteiger partial charge on any atom is -0.497 e. The monoisotopic (exact) mass is 293 g/mol. The normalized spacial score (nSPS) is 15.7. The smallest absolute Gasteiger partial charge is 0.317 e. The molecule has 116 valence electrons. The van der Waals surface area contributed by atoms with Crippen LogP contribution in [0, 0.1) is 0 Å². The molecular weight excluding hydrogens is 270 g/mol. The van der Waals surface area contributed by atoms with Gasteiger partial charge in [-0.3, -0.25) is 0 Å². The molecule has 2 rings (SSSR count). The second-order valence-corrected chi connectivity index (χ2v) is 5.13. The number of piperazine rings is 1. The van der Waals surface area contributed by atoms with Crippen LogP contribution in [-0.4, -0.2) is 63.3 Å². The number of nitrogens with zero attached hydrogens (tertiary/aromatic N) is 2. The van der Waals surface area contributed by atoms with Gasteiger partial charge in [0.25, 0.3) is 0 Å². The summed E-state index contributed by atoms with van der Waals surface area (Å²) in [5.41, 5.74) is 0.902. The van der Waals surface area contributed by atoms with Crippen molar-refractivity contribution in [3.63, 3.8) is 0 Å². The zero-order valence-corrected chi connectivity index (χ0v) is 12.9. The van der Waals surface area contributed by atoms with Gasteiger partial charge in [-0.1, -0.05) is 0 Å². The number of likely N-dealkylation sites (N-methyl/N-ethyl adjacent to an activating group) is 1. The Bertz CT molecular complexity index is 485. The van der Waals surface area contributed by atoms with Gasteiger partial charge in [0.2, 0.25) is 0 Å². The molecule has 1 aromatic carbocycles. The Morgan fingerprint density at radius 2 is 1.90 bits per heavy atom. The average Bonchev–Trinajstić information content (AvgIpc) is 2.52. The third-order valence-electron chi connectivity index (χ3n) is 3.71. The van der Waals surface area contributed by atoms with Gasteiger partial charge >= 0.3 is 6.03 Å². The maximum atomic E-state index is 12.2. The first-order chi connectivity index (χ1) is 10.1. The number of hydrogen-bond acceptors (Lipinski definition) is 4. The highest BCUT2D eigenvalue weighted by atomic mass is 16.5. The van der Waals surface area contributed by atoms with Gasteiger partial charge in [-0.25, -0.2) is 4.79 Å². The van der Waals surface area contributed by atoms with Crippen LogP contribution in [0.4, 0.5) is 4.79 Å². The van der Waals surface area contributed by atoms with E-state index in [9.17, 15) is 4.79 Å². The largest absolute Gasteiger partial charge is 0.497 e. The number of hydrogen-bond donors (Lipinski definition) is 1. The number of amides is 2. The van der Waals surface area contributed by atoms with Crippen LogP contribution in [0.2, 0.25) is 0 Å². The second-order valence-electron chi connectivity index (χ2n) is 5.13. The van der Waals surface area contributed by atoms with Crippen molar-refractivity contribution in [3.05, 3.63) is 23.8 Å². The molecule has 0 aliphatic carbocycles. The molecule has 0 aromatic heterocycles. The van der Waals surface area contributed by atoms with E-state index in [2.05, 4.69) is 17.3 Å². The van der Waals surface area contributed by atoms with E-state index in [4.69, 9.17) is 9.47 Å². The Labute approximate surface area is 125 Å². The maximum absolute atomic E-state index is 12.2. The number of nitrogens with one attached hydrogen (secondary N) is 1. The number of carbonyl (C=O) groups excluding carboxylic acids is 1. The average molecular weight is 293 g/mol. The van der Waals surface area contributed by atoms with Gasteiger partial charge in [0.1, 0.15) is 11.5 Å². The highest BCUT2D eigenvalue weighted by Gasteiger charge is 2.18. The lowest BCUT2D eigenvalue weighted by atomic mass is 10.2. The molecule has 1 fully saturated rings. The minimum absolute atomic E-state index is 0.0343. The first-order valence-electron chi connectivity index (χ1n) is 7.06. The van der Waals surface area contributed by atoms with Gasteiger partial charge in [-0.2, -0.15) is 0 Å². The summed E-state index contributed by atoms with van der Waals surface area (Å²) in [6.07, 6.45) is 0. The molecule has 1 heterocycles. The predicted octanol–water partition coefficient (Wildman–Crippen LogP) is 1.16. The fraction of sp³-hybridized carbons (Fsp3) is 0.533. The Morgan fingerprint density at radius 1 is 1.19 bits per heavy atom. The van der Waals surface area contributed by atoms with Crippen molar-refractivity contribution in [1.29, 1.82) is 0 Å². The fourth-order valence-corrected chi connectivity index (χ4v) is 2.31. The van der Waals surface area contributed by atoms with Gasteiger partial charge in [0, 0.05) is 38.3 Å². The quantitative estimate of drug-likeness (QED) is 0.905. The number of methoxy groups -OCH3 is 2. The molecule has 0 spiro atoms. The van der Waals surface area contributed by atoms with E-state index in [0.717, 1.165) is 43.2 Å². The summed E-state index contributed by atoms with van der Waals surface area (Å²) >= 11 is 0. The number of urea groups is 1. The van der Waals surface area contributed by atoms with Crippen molar-refractivity contribution in [1.82, 2.24) is 15.1 Å². The van der Waals surface area contributed by atoms with Crippen LogP contribution < -0.4 is 14.8 Å². The number of carbonyl (C=O) groups is 1. The summed E-state index contributed by atoms with van der Waals surface area (Å²) in [6.45, 7) is 3.77. The van der Waals surface area contributed by atoms with Gasteiger partial charge < -0.3 is 24.6 Å². The molecule has 6 heteroatoms. The minimum atomic E-state index is -0.0343. The van der Waals surface area contributed by atoms with Crippen LogP contribution in [0.15, 0.2) is 18.2 Å². The molecule has 6 nitrogen and oxygen atoms in total. The third kappa shape index (κ3) is 4.01. The van der Waals surface area contributed by atoms with E-state index >= 15 is 0 Å². The van der Waals surface area contributed by atoms with Crippen LogP contribution in [0.3, 0.4) is 0 Å². The van der Waals surface area contributed by atoms with E-state index in [1.807, 2.05) is 23.1 Å². The fourth-order valence-electron chi connectivity index (χ4n) is 2.31. The standard InChI is InChI=1S/C15H23N3O3/c1-17-6-8-18(9-7-17)15(19)16-11-12-10-13(20-2)4-5-14(12)21-3/h4-5,10H,6-9,11H2,1-3H3,(H,16,19). The number of benzene rings is 1. The van der Waals surface area contributed by atoms with E-state index in [1.165, 1.54) is 0 Å². The summed E-state index contributed by atoms with van der Waals surface area (Å²) in [4.78, 5) is 16.2. The topological polar surface area (TPSA) is 54.0 Å². The molecule has 0 atom stereocenters. The number of rotatable bonds is 4. The van der Waals surface area contributed by atoms with E-state index in [-0.39, 0.29) is 6.03 Å². The van der Waals surface area contributed by atoms with Gasteiger partial charge in [0.15, 0.2) is 0 Å². The summed E-state index contributed by atoms with van der Waals surface area (Å²) in [6, 6.07) is 5.53. The first kappa shape index (κ1) is 15.4. The molecular formula is C15H23N3O3. The van der Waals surface area contributed by atoms with Crippen LogP contribution in [0.25, 0.3) is 0 Å². The molecule has 1 aliphatic rings. The van der Waals surface area contributed by atoms with Crippen molar-refractivity contribution >= 4 is 6.03 Å². The lowest BCUT2D eigenvalue weighted by Gasteiger charge is -2.32. The summed E-state index contributed by atoms with van der Waals surface area (Å²) < 4.78 is 10.5. The van der Waals surface area contributed by atoms with Crippen LogP contribution in [0.5, 0.6) is 11.5 Å². The van der Waals surface area contributed by atoms with Crippen LogP contribution >= 0.6 is 0 Å². The highest BCUT2D eigenvalue weighted by Crippen LogP contribution is 2.23. The lowest BCUT2D eigenvalue weighted by molar-refractivity contribution is 0.154.